The molecule has 0 amide bonds. The zero-order valence-electron chi connectivity index (χ0n) is 11.9. The van der Waals surface area contributed by atoms with E-state index in [1.165, 1.54) is 0 Å². The molecule has 2 aromatic rings. The lowest BCUT2D eigenvalue weighted by Crippen LogP contribution is -2.23. The van der Waals surface area contributed by atoms with Crippen molar-refractivity contribution in [1.29, 1.82) is 0 Å². The van der Waals surface area contributed by atoms with Crippen molar-refractivity contribution < 1.29 is 9.47 Å². The Bertz CT molecular complexity index is 540. The molecular formula is C16H20N2O2. The minimum atomic E-state index is 0.605. The topological polar surface area (TPSA) is 47.7 Å². The minimum absolute atomic E-state index is 0.605. The first-order valence-corrected chi connectivity index (χ1v) is 6.52. The van der Waals surface area contributed by atoms with Crippen molar-refractivity contribution in [2.24, 2.45) is 0 Å². The van der Waals surface area contributed by atoms with Crippen molar-refractivity contribution in [3.05, 3.63) is 48.5 Å². The van der Waals surface area contributed by atoms with Gasteiger partial charge in [-0.25, -0.2) is 0 Å². The molecule has 0 aliphatic rings. The summed E-state index contributed by atoms with van der Waals surface area (Å²) in [5, 5.41) is 0. The van der Waals surface area contributed by atoms with Crippen LogP contribution in [0.4, 0.5) is 11.4 Å². The lowest BCUT2D eigenvalue weighted by molar-refractivity contribution is 0.323. The van der Waals surface area contributed by atoms with Crippen LogP contribution in [0.15, 0.2) is 48.5 Å². The third-order valence-electron chi connectivity index (χ3n) is 3.07. The largest absolute Gasteiger partial charge is 0.497 e. The van der Waals surface area contributed by atoms with Gasteiger partial charge in [-0.2, -0.15) is 0 Å². The van der Waals surface area contributed by atoms with Crippen molar-refractivity contribution in [1.82, 2.24) is 0 Å². The summed E-state index contributed by atoms with van der Waals surface area (Å²) in [6.07, 6.45) is 0. The highest BCUT2D eigenvalue weighted by molar-refractivity contribution is 5.52. The molecule has 0 aromatic heterocycles. The molecule has 2 aromatic carbocycles. The zero-order chi connectivity index (χ0) is 14.4. The van der Waals surface area contributed by atoms with E-state index in [1.54, 1.807) is 7.11 Å². The fourth-order valence-corrected chi connectivity index (χ4v) is 1.85. The van der Waals surface area contributed by atoms with Crippen LogP contribution in [0.1, 0.15) is 0 Å². The molecule has 0 aliphatic carbocycles. The second-order valence-corrected chi connectivity index (χ2v) is 4.54. The number of benzene rings is 2. The summed E-state index contributed by atoms with van der Waals surface area (Å²) in [6.45, 7) is 1.40. The maximum atomic E-state index is 5.72. The highest BCUT2D eigenvalue weighted by Gasteiger charge is 2.01. The number of rotatable bonds is 6. The van der Waals surface area contributed by atoms with Gasteiger partial charge < -0.3 is 20.1 Å². The highest BCUT2D eigenvalue weighted by atomic mass is 16.5. The van der Waals surface area contributed by atoms with E-state index in [4.69, 9.17) is 15.2 Å². The van der Waals surface area contributed by atoms with E-state index < -0.39 is 0 Å². The number of nitrogens with zero attached hydrogens (tertiary/aromatic N) is 1. The molecule has 4 nitrogen and oxygen atoms in total. The van der Waals surface area contributed by atoms with Crippen LogP contribution in [0, 0.1) is 0 Å². The number of nitrogens with two attached hydrogens (primary N) is 1. The molecular weight excluding hydrogens is 252 g/mol. The summed E-state index contributed by atoms with van der Waals surface area (Å²) in [4.78, 5) is 2.12. The van der Waals surface area contributed by atoms with Crippen molar-refractivity contribution in [2.45, 2.75) is 0 Å². The molecule has 0 unspecified atom stereocenters. The van der Waals surface area contributed by atoms with Crippen molar-refractivity contribution in [2.75, 3.05) is 37.9 Å². The van der Waals surface area contributed by atoms with Gasteiger partial charge in [-0.05, 0) is 36.4 Å². The Hall–Kier alpha value is -2.36. The molecule has 0 radical (unpaired) electrons. The summed E-state index contributed by atoms with van der Waals surface area (Å²) < 4.78 is 10.9. The Kier molecular flexibility index (Phi) is 4.71. The third-order valence-corrected chi connectivity index (χ3v) is 3.07. The van der Waals surface area contributed by atoms with Gasteiger partial charge in [-0.3, -0.25) is 0 Å². The van der Waals surface area contributed by atoms with Crippen LogP contribution >= 0.6 is 0 Å². The van der Waals surface area contributed by atoms with Crippen LogP contribution in [-0.2, 0) is 0 Å². The van der Waals surface area contributed by atoms with Gasteiger partial charge in [-0.1, -0.05) is 6.07 Å². The predicted octanol–water partition coefficient (Wildman–Crippen LogP) is 2.79. The van der Waals surface area contributed by atoms with Gasteiger partial charge in [0.25, 0.3) is 0 Å². The minimum Gasteiger partial charge on any atom is -0.497 e. The monoisotopic (exact) mass is 272 g/mol. The van der Waals surface area contributed by atoms with E-state index in [-0.39, 0.29) is 0 Å². The van der Waals surface area contributed by atoms with Gasteiger partial charge in [0.2, 0.25) is 0 Å². The number of ether oxygens (including phenoxy) is 2. The van der Waals surface area contributed by atoms with Gasteiger partial charge in [0.05, 0.1) is 13.7 Å². The fourth-order valence-electron chi connectivity index (χ4n) is 1.85. The number of anilines is 2. The van der Waals surface area contributed by atoms with Gasteiger partial charge in [-0.15, -0.1) is 0 Å². The number of hydrogen-bond donors (Lipinski definition) is 1. The van der Waals surface area contributed by atoms with E-state index in [9.17, 15) is 0 Å². The lowest BCUT2D eigenvalue weighted by Gasteiger charge is -2.19. The molecule has 20 heavy (non-hydrogen) atoms. The summed E-state index contributed by atoms with van der Waals surface area (Å²) in [5.41, 5.74) is 7.57. The molecule has 2 N–H and O–H groups in total. The first-order valence-electron chi connectivity index (χ1n) is 6.52. The first kappa shape index (κ1) is 14.1. The Morgan fingerprint density at radius 1 is 1.05 bits per heavy atom. The maximum absolute atomic E-state index is 5.72. The Balaban J connectivity index is 1.84. The average molecular weight is 272 g/mol. The van der Waals surface area contributed by atoms with E-state index >= 15 is 0 Å². The summed E-state index contributed by atoms with van der Waals surface area (Å²) in [7, 11) is 3.68. The van der Waals surface area contributed by atoms with Crippen molar-refractivity contribution in [3.63, 3.8) is 0 Å². The van der Waals surface area contributed by atoms with Gasteiger partial charge in [0, 0.05) is 24.5 Å². The van der Waals surface area contributed by atoms with E-state index in [1.807, 2.05) is 55.6 Å². The van der Waals surface area contributed by atoms with E-state index in [0.29, 0.717) is 6.61 Å². The lowest BCUT2D eigenvalue weighted by atomic mass is 10.2. The smallest absolute Gasteiger partial charge is 0.123 e. The molecule has 0 saturated carbocycles. The summed E-state index contributed by atoms with van der Waals surface area (Å²) in [5.74, 6) is 1.62. The predicted molar refractivity (Wildman–Crippen MR) is 82.6 cm³/mol. The van der Waals surface area contributed by atoms with Crippen molar-refractivity contribution in [3.8, 4) is 11.5 Å². The molecule has 0 saturated heterocycles. The van der Waals surface area contributed by atoms with Crippen LogP contribution in [-0.4, -0.2) is 27.3 Å². The molecule has 4 heteroatoms. The van der Waals surface area contributed by atoms with Crippen molar-refractivity contribution >= 4 is 11.4 Å². The molecule has 0 atom stereocenters. The van der Waals surface area contributed by atoms with Gasteiger partial charge in [0.15, 0.2) is 0 Å². The highest BCUT2D eigenvalue weighted by Crippen LogP contribution is 2.19. The number of nitrogen functional groups attached to an aromatic ring is 1. The van der Waals surface area contributed by atoms with Gasteiger partial charge in [0.1, 0.15) is 18.1 Å². The van der Waals surface area contributed by atoms with Crippen LogP contribution < -0.4 is 20.1 Å². The molecule has 0 heterocycles. The summed E-state index contributed by atoms with van der Waals surface area (Å²) >= 11 is 0. The number of methoxy groups -OCH3 is 1. The van der Waals surface area contributed by atoms with E-state index in [2.05, 4.69) is 4.90 Å². The first-order chi connectivity index (χ1) is 9.69. The maximum Gasteiger partial charge on any atom is 0.123 e. The Labute approximate surface area is 119 Å². The molecule has 0 fully saturated rings. The van der Waals surface area contributed by atoms with Crippen LogP contribution in [0.5, 0.6) is 11.5 Å². The second kappa shape index (κ2) is 6.70. The summed E-state index contributed by atoms with van der Waals surface area (Å²) in [6, 6.07) is 15.4. The number of hydrogen-bond acceptors (Lipinski definition) is 4. The molecule has 0 aliphatic heterocycles. The number of likely N-dealkylation sites (N-methyl/N-ethyl adjacent to an activating group) is 1. The SMILES string of the molecule is COc1cccc(OCCN(C)c2ccc(N)cc2)c1. The zero-order valence-corrected chi connectivity index (χ0v) is 11.9. The van der Waals surface area contributed by atoms with E-state index in [0.717, 1.165) is 29.4 Å². The molecule has 106 valence electrons. The third kappa shape index (κ3) is 3.82. The van der Waals surface area contributed by atoms with Crippen LogP contribution in [0.25, 0.3) is 0 Å². The molecule has 0 bridgehead atoms. The van der Waals surface area contributed by atoms with Crippen LogP contribution in [0.2, 0.25) is 0 Å². The Morgan fingerprint density at radius 3 is 2.45 bits per heavy atom. The van der Waals surface area contributed by atoms with Crippen LogP contribution in [0.3, 0.4) is 0 Å². The fraction of sp³-hybridized carbons (Fsp3) is 0.250. The quantitative estimate of drug-likeness (QED) is 0.821. The van der Waals surface area contributed by atoms with Gasteiger partial charge >= 0.3 is 0 Å². The second-order valence-electron chi connectivity index (χ2n) is 4.54. The molecule has 0 spiro atoms. The normalized spacial score (nSPS) is 10.1. The standard InChI is InChI=1S/C16H20N2O2/c1-18(14-8-6-13(17)7-9-14)10-11-20-16-5-3-4-15(12-16)19-2/h3-9,12H,10-11,17H2,1-2H3. The Morgan fingerprint density at radius 2 is 1.75 bits per heavy atom. The molecule has 2 rings (SSSR count). The average Bonchev–Trinajstić information content (AvgIpc) is 2.48.